The van der Waals surface area contributed by atoms with E-state index in [-0.39, 0.29) is 17.9 Å². The van der Waals surface area contributed by atoms with Gasteiger partial charge >= 0.3 is 6.09 Å². The second-order valence-corrected chi connectivity index (χ2v) is 7.45. The number of alkyl carbamates (subject to hydrolysis) is 1. The summed E-state index contributed by atoms with van der Waals surface area (Å²) in [5, 5.41) is 4.76. The number of ether oxygens (including phenoxy) is 1. The van der Waals surface area contributed by atoms with E-state index in [0.29, 0.717) is 6.42 Å². The second-order valence-electron chi connectivity index (χ2n) is 6.20. The van der Waals surface area contributed by atoms with Gasteiger partial charge in [-0.25, -0.2) is 10.2 Å². The Morgan fingerprint density at radius 1 is 1.31 bits per heavy atom. The highest BCUT2D eigenvalue weighted by atomic mass is 32.2. The number of imide groups is 1. The molecule has 9 heteroatoms. The number of benzene rings is 1. The highest BCUT2D eigenvalue weighted by molar-refractivity contribution is 8.00. The van der Waals surface area contributed by atoms with Gasteiger partial charge in [-0.1, -0.05) is 12.1 Å². The molecule has 0 radical (unpaired) electrons. The first-order valence-corrected chi connectivity index (χ1v) is 9.56. The molecular formula is C17H22N4O4S. The maximum absolute atomic E-state index is 12.7. The fourth-order valence-electron chi connectivity index (χ4n) is 3.05. The van der Waals surface area contributed by atoms with Crippen LogP contribution in [0.5, 0.6) is 0 Å². The predicted octanol–water partition coefficient (Wildman–Crippen LogP) is 1.43. The fourth-order valence-corrected chi connectivity index (χ4v) is 4.38. The van der Waals surface area contributed by atoms with Gasteiger partial charge in [0.2, 0.25) is 11.8 Å². The number of anilines is 1. The van der Waals surface area contributed by atoms with Crippen LogP contribution in [0, 0.1) is 12.8 Å². The maximum Gasteiger partial charge on any atom is 0.413 e. The van der Waals surface area contributed by atoms with Gasteiger partial charge in [0.05, 0.1) is 23.6 Å². The van der Waals surface area contributed by atoms with Crippen LogP contribution in [-0.2, 0) is 14.3 Å². The van der Waals surface area contributed by atoms with Crippen molar-refractivity contribution in [1.82, 2.24) is 16.1 Å². The van der Waals surface area contributed by atoms with E-state index in [0.717, 1.165) is 22.6 Å². The van der Waals surface area contributed by atoms with Crippen molar-refractivity contribution in [3.8, 4) is 0 Å². The number of hydrogen-bond donors (Lipinski definition) is 4. The number of fused-ring (bicyclic) bond motifs is 1. The summed E-state index contributed by atoms with van der Waals surface area (Å²) in [7, 11) is 0. The molecule has 1 fully saturated rings. The van der Waals surface area contributed by atoms with Crippen LogP contribution in [0.4, 0.5) is 10.5 Å². The summed E-state index contributed by atoms with van der Waals surface area (Å²) in [6.45, 7) is 3.84. The highest BCUT2D eigenvalue weighted by Gasteiger charge is 2.38. The van der Waals surface area contributed by atoms with Crippen LogP contribution in [0.25, 0.3) is 0 Å². The molecule has 3 atom stereocenters. The molecular weight excluding hydrogens is 356 g/mol. The third-order valence-corrected chi connectivity index (χ3v) is 5.62. The number of amides is 3. The zero-order valence-electron chi connectivity index (χ0n) is 14.6. The minimum atomic E-state index is -0.759. The molecule has 3 amide bonds. The molecule has 2 heterocycles. The molecule has 3 unspecified atom stereocenters. The zero-order valence-corrected chi connectivity index (χ0v) is 15.4. The molecule has 1 aromatic carbocycles. The lowest BCUT2D eigenvalue weighted by atomic mass is 10.0. The molecule has 1 aromatic rings. The van der Waals surface area contributed by atoms with Crippen molar-refractivity contribution in [2.24, 2.45) is 5.92 Å². The molecule has 4 N–H and O–H groups in total. The molecule has 140 valence electrons. The van der Waals surface area contributed by atoms with Crippen LogP contribution in [0.3, 0.4) is 0 Å². The van der Waals surface area contributed by atoms with E-state index >= 15 is 0 Å². The Balaban J connectivity index is 1.62. The van der Waals surface area contributed by atoms with Crippen LogP contribution < -0.4 is 21.5 Å². The highest BCUT2D eigenvalue weighted by Crippen LogP contribution is 2.33. The van der Waals surface area contributed by atoms with Crippen molar-refractivity contribution in [1.29, 1.82) is 0 Å². The summed E-state index contributed by atoms with van der Waals surface area (Å²) in [6, 6.07) is 5.30. The number of nitrogens with one attached hydrogen (secondary N) is 4. The van der Waals surface area contributed by atoms with Crippen LogP contribution in [-0.4, -0.2) is 35.6 Å². The van der Waals surface area contributed by atoms with Crippen LogP contribution in [0.2, 0.25) is 0 Å². The number of aryl methyl sites for hydroxylation is 1. The Hall–Kier alpha value is -2.26. The van der Waals surface area contributed by atoms with Gasteiger partial charge in [-0.2, -0.15) is 0 Å². The van der Waals surface area contributed by atoms with Crippen molar-refractivity contribution in [2.75, 3.05) is 17.8 Å². The SMILES string of the molecule is CCOC(=O)NC(=O)C1CCSC1NC(=O)C1NNc2cc(C)ccc21. The first-order chi connectivity index (χ1) is 12.5. The van der Waals surface area contributed by atoms with Gasteiger partial charge in [-0.15, -0.1) is 11.8 Å². The lowest BCUT2D eigenvalue weighted by Gasteiger charge is -2.21. The van der Waals surface area contributed by atoms with Crippen LogP contribution >= 0.6 is 11.8 Å². The number of thioether (sulfide) groups is 1. The predicted molar refractivity (Wildman–Crippen MR) is 98.3 cm³/mol. The van der Waals surface area contributed by atoms with Crippen molar-refractivity contribution in [3.63, 3.8) is 0 Å². The Morgan fingerprint density at radius 3 is 2.88 bits per heavy atom. The summed E-state index contributed by atoms with van der Waals surface area (Å²) < 4.78 is 4.74. The van der Waals surface area contributed by atoms with E-state index in [2.05, 4.69) is 21.5 Å². The lowest BCUT2D eigenvalue weighted by Crippen LogP contribution is -2.47. The smallest absolute Gasteiger partial charge is 0.413 e. The van der Waals surface area contributed by atoms with Crippen LogP contribution in [0.15, 0.2) is 18.2 Å². The van der Waals surface area contributed by atoms with E-state index in [4.69, 9.17) is 4.74 Å². The molecule has 2 aliphatic rings. The Kier molecular flexibility index (Phi) is 5.67. The largest absolute Gasteiger partial charge is 0.450 e. The summed E-state index contributed by atoms with van der Waals surface area (Å²) >= 11 is 1.50. The number of hydrogen-bond acceptors (Lipinski definition) is 7. The third-order valence-electron chi connectivity index (χ3n) is 4.35. The Bertz CT molecular complexity index is 727. The molecule has 26 heavy (non-hydrogen) atoms. The Morgan fingerprint density at radius 2 is 2.12 bits per heavy atom. The van der Waals surface area contributed by atoms with Gasteiger partial charge in [-0.05, 0) is 37.7 Å². The van der Waals surface area contributed by atoms with Crippen molar-refractivity contribution in [2.45, 2.75) is 31.7 Å². The molecule has 0 bridgehead atoms. The van der Waals surface area contributed by atoms with Crippen molar-refractivity contribution >= 4 is 35.4 Å². The Labute approximate surface area is 155 Å². The summed E-state index contributed by atoms with van der Waals surface area (Å²) in [4.78, 5) is 36.4. The second kappa shape index (κ2) is 7.96. The third kappa shape index (κ3) is 3.94. The fraction of sp³-hybridized carbons (Fsp3) is 0.471. The van der Waals surface area contributed by atoms with E-state index in [9.17, 15) is 14.4 Å². The summed E-state index contributed by atoms with van der Waals surface area (Å²) in [6.07, 6.45) is -0.169. The molecule has 8 nitrogen and oxygen atoms in total. The summed E-state index contributed by atoms with van der Waals surface area (Å²) in [5.74, 6) is -0.376. The van der Waals surface area contributed by atoms with E-state index < -0.39 is 24.0 Å². The quantitative estimate of drug-likeness (QED) is 0.628. The first-order valence-electron chi connectivity index (χ1n) is 8.51. The van der Waals surface area contributed by atoms with Gasteiger partial charge in [0.15, 0.2) is 0 Å². The normalized spacial score (nSPS) is 23.7. The molecule has 3 rings (SSSR count). The molecule has 0 spiro atoms. The van der Waals surface area contributed by atoms with E-state index in [1.165, 1.54) is 11.8 Å². The summed E-state index contributed by atoms with van der Waals surface area (Å²) in [5.41, 5.74) is 8.82. The van der Waals surface area contributed by atoms with Crippen molar-refractivity contribution in [3.05, 3.63) is 29.3 Å². The number of rotatable bonds is 4. The monoisotopic (exact) mass is 378 g/mol. The minimum Gasteiger partial charge on any atom is -0.450 e. The molecule has 2 aliphatic heterocycles. The molecule has 0 saturated carbocycles. The maximum atomic E-state index is 12.7. The average molecular weight is 378 g/mol. The van der Waals surface area contributed by atoms with Gasteiger partial charge in [0.1, 0.15) is 6.04 Å². The van der Waals surface area contributed by atoms with E-state index in [1.807, 2.05) is 25.1 Å². The first kappa shape index (κ1) is 18.5. The van der Waals surface area contributed by atoms with Crippen LogP contribution in [0.1, 0.15) is 30.5 Å². The minimum absolute atomic E-state index is 0.192. The number of carbonyl (C=O) groups is 3. The van der Waals surface area contributed by atoms with Gasteiger partial charge < -0.3 is 15.5 Å². The average Bonchev–Trinajstić information content (AvgIpc) is 3.21. The van der Waals surface area contributed by atoms with E-state index in [1.54, 1.807) is 6.92 Å². The number of hydrazine groups is 1. The zero-order chi connectivity index (χ0) is 18.7. The topological polar surface area (TPSA) is 109 Å². The molecule has 0 aliphatic carbocycles. The number of carbonyl (C=O) groups excluding carboxylic acids is 3. The molecule has 0 aromatic heterocycles. The van der Waals surface area contributed by atoms with Gasteiger partial charge in [-0.3, -0.25) is 14.9 Å². The standard InChI is InChI=1S/C17H22N4O4S/c1-3-25-17(24)19-14(22)11-6-7-26-16(11)18-15(23)13-10-5-4-9(2)8-12(10)20-21-13/h4-5,8,11,13,16,20-21H,3,6-7H2,1-2H3,(H,18,23)(H,19,22,24). The van der Waals surface area contributed by atoms with Gasteiger partial charge in [0, 0.05) is 5.56 Å². The molecule has 1 saturated heterocycles. The van der Waals surface area contributed by atoms with Gasteiger partial charge in [0.25, 0.3) is 0 Å². The van der Waals surface area contributed by atoms with Crippen molar-refractivity contribution < 1.29 is 19.1 Å². The lowest BCUT2D eigenvalue weighted by molar-refractivity contribution is -0.126.